The first-order chi connectivity index (χ1) is 9.38. The molecule has 0 spiro atoms. The second kappa shape index (κ2) is 7.64. The molecule has 0 bridgehead atoms. The van der Waals surface area contributed by atoms with E-state index in [1.807, 2.05) is 12.1 Å². The van der Waals surface area contributed by atoms with Gasteiger partial charge in [-0.2, -0.15) is 0 Å². The molecule has 4 nitrogen and oxygen atoms in total. The summed E-state index contributed by atoms with van der Waals surface area (Å²) in [4.78, 5) is 2.68. The Hall–Kier alpha value is -1.07. The van der Waals surface area contributed by atoms with E-state index < -0.39 is 9.84 Å². The van der Waals surface area contributed by atoms with Crippen LogP contribution in [-0.2, 0) is 9.84 Å². The van der Waals surface area contributed by atoms with Crippen molar-refractivity contribution in [3.05, 3.63) is 24.3 Å². The molecule has 0 heterocycles. The molecule has 20 heavy (non-hydrogen) atoms. The summed E-state index contributed by atoms with van der Waals surface area (Å²) < 4.78 is 24.0. The number of anilines is 1. The fraction of sp³-hybridized carbons (Fsp3) is 0.600. The normalized spacial score (nSPS) is 12.1. The Labute approximate surface area is 123 Å². The van der Waals surface area contributed by atoms with Crippen LogP contribution in [0.2, 0.25) is 0 Å². The van der Waals surface area contributed by atoms with Gasteiger partial charge in [-0.25, -0.2) is 8.42 Å². The monoisotopic (exact) mass is 298 g/mol. The van der Waals surface area contributed by atoms with Crippen LogP contribution in [0, 0.1) is 0 Å². The highest BCUT2D eigenvalue weighted by molar-refractivity contribution is 7.91. The lowest BCUT2D eigenvalue weighted by atomic mass is 10.3. The molecule has 114 valence electrons. The van der Waals surface area contributed by atoms with Gasteiger partial charge in [0.25, 0.3) is 0 Å². The number of nitrogens with zero attached hydrogens (tertiary/aromatic N) is 1. The standard InChI is InChI=1S/C15H26N2O2S/c1-5-20(18,19)15-10-7-6-9-14(15)16-11-8-12-17(4)13(2)3/h6-7,9-10,13,16H,5,8,11-12H2,1-4H3. The molecular formula is C15H26N2O2S. The molecular weight excluding hydrogens is 272 g/mol. The zero-order chi connectivity index (χ0) is 15.2. The number of hydrogen-bond donors (Lipinski definition) is 1. The highest BCUT2D eigenvalue weighted by Crippen LogP contribution is 2.21. The van der Waals surface area contributed by atoms with Crippen molar-refractivity contribution in [1.82, 2.24) is 4.90 Å². The molecule has 0 atom stereocenters. The molecule has 1 rings (SSSR count). The predicted octanol–water partition coefficient (Wildman–Crippen LogP) is 2.62. The van der Waals surface area contributed by atoms with E-state index in [0.717, 1.165) is 19.5 Å². The highest BCUT2D eigenvalue weighted by atomic mass is 32.2. The SMILES string of the molecule is CCS(=O)(=O)c1ccccc1NCCCN(C)C(C)C. The van der Waals surface area contributed by atoms with Crippen LogP contribution in [0.4, 0.5) is 5.69 Å². The van der Waals surface area contributed by atoms with E-state index >= 15 is 0 Å². The smallest absolute Gasteiger partial charge is 0.180 e. The van der Waals surface area contributed by atoms with Crippen LogP contribution in [0.25, 0.3) is 0 Å². The molecule has 0 aliphatic rings. The van der Waals surface area contributed by atoms with Crippen LogP contribution in [0.15, 0.2) is 29.2 Å². The topological polar surface area (TPSA) is 49.4 Å². The van der Waals surface area contributed by atoms with Gasteiger partial charge in [0, 0.05) is 12.6 Å². The molecule has 0 saturated carbocycles. The lowest BCUT2D eigenvalue weighted by Gasteiger charge is -2.21. The number of benzene rings is 1. The maximum Gasteiger partial charge on any atom is 0.180 e. The van der Waals surface area contributed by atoms with Crippen LogP contribution in [0.1, 0.15) is 27.2 Å². The molecule has 0 fully saturated rings. The number of hydrogen-bond acceptors (Lipinski definition) is 4. The summed E-state index contributed by atoms with van der Waals surface area (Å²) in [5.41, 5.74) is 0.710. The highest BCUT2D eigenvalue weighted by Gasteiger charge is 2.15. The number of rotatable bonds is 8. The number of para-hydroxylation sites is 1. The van der Waals surface area contributed by atoms with Crippen molar-refractivity contribution in [1.29, 1.82) is 0 Å². The predicted molar refractivity (Wildman–Crippen MR) is 85.0 cm³/mol. The van der Waals surface area contributed by atoms with Gasteiger partial charge in [0.15, 0.2) is 9.84 Å². The Kier molecular flexibility index (Phi) is 6.49. The molecule has 0 aliphatic heterocycles. The van der Waals surface area contributed by atoms with Gasteiger partial charge in [0.1, 0.15) is 0 Å². The largest absolute Gasteiger partial charge is 0.384 e. The second-order valence-electron chi connectivity index (χ2n) is 5.25. The van der Waals surface area contributed by atoms with E-state index in [2.05, 4.69) is 31.1 Å². The van der Waals surface area contributed by atoms with Gasteiger partial charge in [-0.1, -0.05) is 19.1 Å². The van der Waals surface area contributed by atoms with Gasteiger partial charge < -0.3 is 10.2 Å². The van der Waals surface area contributed by atoms with Crippen molar-refractivity contribution < 1.29 is 8.42 Å². The van der Waals surface area contributed by atoms with E-state index in [1.165, 1.54) is 0 Å². The third kappa shape index (κ3) is 4.80. The Morgan fingerprint density at radius 1 is 1.25 bits per heavy atom. The molecule has 0 radical (unpaired) electrons. The molecule has 1 aromatic rings. The van der Waals surface area contributed by atoms with Crippen molar-refractivity contribution in [3.8, 4) is 0 Å². The molecule has 0 unspecified atom stereocenters. The van der Waals surface area contributed by atoms with Crippen LogP contribution in [0.3, 0.4) is 0 Å². The van der Waals surface area contributed by atoms with Crippen molar-refractivity contribution in [3.63, 3.8) is 0 Å². The number of nitrogens with one attached hydrogen (secondary N) is 1. The van der Waals surface area contributed by atoms with E-state index in [0.29, 0.717) is 16.6 Å². The summed E-state index contributed by atoms with van der Waals surface area (Å²) in [5, 5.41) is 3.24. The van der Waals surface area contributed by atoms with Gasteiger partial charge in [0.05, 0.1) is 16.3 Å². The molecule has 1 N–H and O–H groups in total. The summed E-state index contributed by atoms with van der Waals surface area (Å²) in [6.45, 7) is 7.76. The summed E-state index contributed by atoms with van der Waals surface area (Å²) in [6, 6.07) is 7.65. The summed E-state index contributed by atoms with van der Waals surface area (Å²) in [5.74, 6) is 0.127. The van der Waals surface area contributed by atoms with Gasteiger partial charge in [-0.15, -0.1) is 0 Å². The lowest BCUT2D eigenvalue weighted by molar-refractivity contribution is 0.273. The van der Waals surface area contributed by atoms with Crippen molar-refractivity contribution in [2.45, 2.75) is 38.1 Å². The van der Waals surface area contributed by atoms with Crippen LogP contribution < -0.4 is 5.32 Å². The maximum atomic E-state index is 12.0. The third-order valence-corrected chi connectivity index (χ3v) is 5.27. The Morgan fingerprint density at radius 3 is 2.50 bits per heavy atom. The summed E-state index contributed by atoms with van der Waals surface area (Å²) in [7, 11) is -1.07. The maximum absolute atomic E-state index is 12.0. The zero-order valence-electron chi connectivity index (χ0n) is 12.9. The molecule has 0 aliphatic carbocycles. The Bertz CT molecular complexity index is 512. The van der Waals surface area contributed by atoms with Crippen LogP contribution >= 0.6 is 0 Å². The first kappa shape index (κ1) is 17.0. The van der Waals surface area contributed by atoms with Gasteiger partial charge in [-0.3, -0.25) is 0 Å². The molecule has 0 aromatic heterocycles. The molecule has 1 aromatic carbocycles. The summed E-state index contributed by atoms with van der Waals surface area (Å²) >= 11 is 0. The number of sulfone groups is 1. The average Bonchev–Trinajstić information content (AvgIpc) is 2.43. The minimum atomic E-state index is -3.17. The minimum Gasteiger partial charge on any atom is -0.384 e. The Balaban J connectivity index is 2.61. The van der Waals surface area contributed by atoms with E-state index in [1.54, 1.807) is 19.1 Å². The fourth-order valence-electron chi connectivity index (χ4n) is 1.85. The van der Waals surface area contributed by atoms with Crippen molar-refractivity contribution in [2.75, 3.05) is 31.2 Å². The van der Waals surface area contributed by atoms with Gasteiger partial charge in [-0.05, 0) is 46.0 Å². The quantitative estimate of drug-likeness (QED) is 0.750. The van der Waals surface area contributed by atoms with E-state index in [4.69, 9.17) is 0 Å². The molecule has 0 saturated heterocycles. The first-order valence-electron chi connectivity index (χ1n) is 7.14. The average molecular weight is 298 g/mol. The minimum absolute atomic E-state index is 0.127. The van der Waals surface area contributed by atoms with Gasteiger partial charge in [0.2, 0.25) is 0 Å². The second-order valence-corrected chi connectivity index (χ2v) is 7.50. The molecule has 5 heteroatoms. The molecule has 0 amide bonds. The third-order valence-electron chi connectivity index (χ3n) is 3.49. The first-order valence-corrected chi connectivity index (χ1v) is 8.79. The summed E-state index contributed by atoms with van der Waals surface area (Å²) in [6.07, 6.45) is 0.981. The van der Waals surface area contributed by atoms with E-state index in [9.17, 15) is 8.42 Å². The van der Waals surface area contributed by atoms with E-state index in [-0.39, 0.29) is 5.75 Å². The van der Waals surface area contributed by atoms with Crippen LogP contribution in [-0.4, -0.2) is 45.2 Å². The Morgan fingerprint density at radius 2 is 1.90 bits per heavy atom. The zero-order valence-corrected chi connectivity index (χ0v) is 13.7. The van der Waals surface area contributed by atoms with Crippen molar-refractivity contribution >= 4 is 15.5 Å². The lowest BCUT2D eigenvalue weighted by Crippen LogP contribution is -2.28. The van der Waals surface area contributed by atoms with Crippen LogP contribution in [0.5, 0.6) is 0 Å². The van der Waals surface area contributed by atoms with Crippen molar-refractivity contribution in [2.24, 2.45) is 0 Å². The fourth-order valence-corrected chi connectivity index (χ4v) is 2.92. The van der Waals surface area contributed by atoms with Gasteiger partial charge >= 0.3 is 0 Å².